The summed E-state index contributed by atoms with van der Waals surface area (Å²) < 4.78 is 30.5. The average Bonchev–Trinajstić information content (AvgIpc) is 2.43. The molecule has 7 nitrogen and oxygen atoms in total. The Hall–Kier alpha value is -0.700. The van der Waals surface area contributed by atoms with E-state index in [-0.39, 0.29) is 18.8 Å². The van der Waals surface area contributed by atoms with Crippen molar-refractivity contribution in [3.63, 3.8) is 0 Å². The maximum absolute atomic E-state index is 11.6. The highest BCUT2D eigenvalue weighted by Gasteiger charge is 2.14. The zero-order valence-corrected chi connectivity index (χ0v) is 12.9. The number of carbonyl (C=O) groups is 1. The van der Waals surface area contributed by atoms with Gasteiger partial charge in [0.15, 0.2) is 0 Å². The highest BCUT2D eigenvalue weighted by molar-refractivity contribution is 7.89. The first kappa shape index (κ1) is 17.4. The van der Waals surface area contributed by atoms with Crippen LogP contribution in [0.4, 0.5) is 0 Å². The molecule has 0 aliphatic carbocycles. The lowest BCUT2D eigenvalue weighted by Crippen LogP contribution is -2.44. The van der Waals surface area contributed by atoms with Gasteiger partial charge in [0.05, 0.1) is 18.8 Å². The second-order valence-electron chi connectivity index (χ2n) is 4.71. The number of rotatable bonds is 9. The summed E-state index contributed by atoms with van der Waals surface area (Å²) in [7, 11) is -3.38. The number of esters is 1. The monoisotopic (exact) mass is 307 g/mol. The first-order chi connectivity index (χ1) is 9.53. The molecule has 1 aliphatic rings. The van der Waals surface area contributed by atoms with Crippen LogP contribution in [0.1, 0.15) is 19.8 Å². The Morgan fingerprint density at radius 1 is 1.35 bits per heavy atom. The number of carbonyl (C=O) groups excluding carboxylic acids is 1. The van der Waals surface area contributed by atoms with Crippen LogP contribution in [0.25, 0.3) is 0 Å². The number of ether oxygens (including phenoxy) is 1. The van der Waals surface area contributed by atoms with Crippen molar-refractivity contribution in [2.24, 2.45) is 0 Å². The minimum absolute atomic E-state index is 0.0963. The molecule has 0 amide bonds. The Labute approximate surface area is 121 Å². The molecule has 2 N–H and O–H groups in total. The molecule has 0 aromatic rings. The molecular formula is C12H25N3O4S. The smallest absolute Gasteiger partial charge is 0.306 e. The molecule has 1 aliphatic heterocycles. The molecule has 8 heteroatoms. The van der Waals surface area contributed by atoms with Crippen molar-refractivity contribution in [2.45, 2.75) is 19.8 Å². The zero-order valence-electron chi connectivity index (χ0n) is 12.1. The van der Waals surface area contributed by atoms with Gasteiger partial charge in [-0.05, 0) is 19.9 Å². The van der Waals surface area contributed by atoms with Crippen molar-refractivity contribution >= 4 is 16.0 Å². The SMILES string of the molecule is CCOC(=O)CCS(=O)(=O)NCCCN1CCNCC1. The van der Waals surface area contributed by atoms with E-state index < -0.39 is 16.0 Å². The van der Waals surface area contributed by atoms with Crippen LogP contribution in [-0.2, 0) is 19.6 Å². The number of sulfonamides is 1. The largest absolute Gasteiger partial charge is 0.466 e. The number of hydrogen-bond donors (Lipinski definition) is 2. The Morgan fingerprint density at radius 3 is 2.70 bits per heavy atom. The topological polar surface area (TPSA) is 87.7 Å². The summed E-state index contributed by atoms with van der Waals surface area (Å²) in [5, 5.41) is 3.27. The molecule has 0 spiro atoms. The van der Waals surface area contributed by atoms with E-state index in [9.17, 15) is 13.2 Å². The van der Waals surface area contributed by atoms with E-state index in [0.29, 0.717) is 6.54 Å². The molecule has 1 saturated heterocycles. The van der Waals surface area contributed by atoms with Gasteiger partial charge in [-0.1, -0.05) is 0 Å². The summed E-state index contributed by atoms with van der Waals surface area (Å²) in [5.41, 5.74) is 0. The number of nitrogens with one attached hydrogen (secondary N) is 2. The van der Waals surface area contributed by atoms with E-state index in [4.69, 9.17) is 4.74 Å². The van der Waals surface area contributed by atoms with Crippen LogP contribution in [0.3, 0.4) is 0 Å². The van der Waals surface area contributed by atoms with Gasteiger partial charge >= 0.3 is 5.97 Å². The predicted octanol–water partition coefficient (Wildman–Crippen LogP) is -0.846. The molecule has 0 radical (unpaired) electrons. The van der Waals surface area contributed by atoms with Gasteiger partial charge < -0.3 is 15.0 Å². The van der Waals surface area contributed by atoms with E-state index in [2.05, 4.69) is 14.9 Å². The molecule has 1 fully saturated rings. The third kappa shape index (κ3) is 7.78. The van der Waals surface area contributed by atoms with E-state index in [1.54, 1.807) is 6.92 Å². The minimum Gasteiger partial charge on any atom is -0.466 e. The fraction of sp³-hybridized carbons (Fsp3) is 0.917. The molecule has 0 bridgehead atoms. The lowest BCUT2D eigenvalue weighted by molar-refractivity contribution is -0.142. The van der Waals surface area contributed by atoms with Crippen LogP contribution < -0.4 is 10.0 Å². The molecule has 1 heterocycles. The third-order valence-electron chi connectivity index (χ3n) is 3.06. The quantitative estimate of drug-likeness (QED) is 0.426. The second-order valence-corrected chi connectivity index (χ2v) is 6.64. The number of piperazine rings is 1. The highest BCUT2D eigenvalue weighted by atomic mass is 32.2. The van der Waals surface area contributed by atoms with Crippen molar-refractivity contribution < 1.29 is 17.9 Å². The minimum atomic E-state index is -3.38. The Balaban J connectivity index is 2.11. The standard InChI is InChI=1S/C12H25N3O4S/c1-2-19-12(16)4-11-20(17,18)14-5-3-8-15-9-6-13-7-10-15/h13-14H,2-11H2,1H3. The van der Waals surface area contributed by atoms with Crippen molar-refractivity contribution in [2.75, 3.05) is 51.6 Å². The van der Waals surface area contributed by atoms with Crippen LogP contribution >= 0.6 is 0 Å². The zero-order chi connectivity index (χ0) is 14.8. The summed E-state index contributed by atoms with van der Waals surface area (Å²) in [6.07, 6.45) is 0.680. The van der Waals surface area contributed by atoms with Gasteiger partial charge in [0, 0.05) is 32.7 Å². The number of hydrogen-bond acceptors (Lipinski definition) is 6. The van der Waals surface area contributed by atoms with E-state index >= 15 is 0 Å². The van der Waals surface area contributed by atoms with Crippen molar-refractivity contribution in [3.05, 3.63) is 0 Å². The molecule has 1 rings (SSSR count). The maximum Gasteiger partial charge on any atom is 0.306 e. The molecule has 0 atom stereocenters. The Kier molecular flexibility index (Phi) is 8.05. The second kappa shape index (κ2) is 9.28. The maximum atomic E-state index is 11.6. The van der Waals surface area contributed by atoms with Gasteiger partial charge in [0.1, 0.15) is 0 Å². The van der Waals surface area contributed by atoms with E-state index in [1.807, 2.05) is 0 Å². The number of nitrogens with zero attached hydrogens (tertiary/aromatic N) is 1. The lowest BCUT2D eigenvalue weighted by Gasteiger charge is -2.27. The van der Waals surface area contributed by atoms with E-state index in [1.165, 1.54) is 0 Å². The lowest BCUT2D eigenvalue weighted by atomic mass is 10.3. The van der Waals surface area contributed by atoms with Gasteiger partial charge in [-0.25, -0.2) is 13.1 Å². The summed E-state index contributed by atoms with van der Waals surface area (Å²) >= 11 is 0. The molecule has 0 unspecified atom stereocenters. The highest BCUT2D eigenvalue weighted by Crippen LogP contribution is 1.96. The third-order valence-corrected chi connectivity index (χ3v) is 4.45. The molecule has 118 valence electrons. The van der Waals surface area contributed by atoms with Crippen molar-refractivity contribution in [3.8, 4) is 0 Å². The van der Waals surface area contributed by atoms with Crippen LogP contribution in [0, 0.1) is 0 Å². The molecule has 0 saturated carbocycles. The van der Waals surface area contributed by atoms with E-state index in [0.717, 1.165) is 39.1 Å². The van der Waals surface area contributed by atoms with Crippen LogP contribution in [0.2, 0.25) is 0 Å². The van der Waals surface area contributed by atoms with Gasteiger partial charge in [-0.2, -0.15) is 0 Å². The fourth-order valence-electron chi connectivity index (χ4n) is 1.99. The fourth-order valence-corrected chi connectivity index (χ4v) is 3.02. The van der Waals surface area contributed by atoms with Gasteiger partial charge in [-0.3, -0.25) is 4.79 Å². The first-order valence-corrected chi connectivity index (χ1v) is 8.75. The van der Waals surface area contributed by atoms with Gasteiger partial charge in [0.2, 0.25) is 10.0 Å². The van der Waals surface area contributed by atoms with Crippen molar-refractivity contribution in [1.82, 2.24) is 14.9 Å². The molecule has 0 aromatic carbocycles. The summed E-state index contributed by atoms with van der Waals surface area (Å²) in [6.45, 7) is 7.27. The van der Waals surface area contributed by atoms with Gasteiger partial charge in [-0.15, -0.1) is 0 Å². The summed E-state index contributed by atoms with van der Waals surface area (Å²) in [6, 6.07) is 0. The van der Waals surface area contributed by atoms with Gasteiger partial charge in [0.25, 0.3) is 0 Å². The summed E-state index contributed by atoms with van der Waals surface area (Å²) in [4.78, 5) is 13.4. The summed E-state index contributed by atoms with van der Waals surface area (Å²) in [5.74, 6) is -0.682. The predicted molar refractivity (Wildman–Crippen MR) is 77.0 cm³/mol. The molecule has 20 heavy (non-hydrogen) atoms. The molecular weight excluding hydrogens is 282 g/mol. The molecule has 0 aromatic heterocycles. The Morgan fingerprint density at radius 2 is 2.05 bits per heavy atom. The first-order valence-electron chi connectivity index (χ1n) is 7.09. The van der Waals surface area contributed by atoms with Crippen LogP contribution in [-0.4, -0.2) is 70.9 Å². The van der Waals surface area contributed by atoms with Crippen molar-refractivity contribution in [1.29, 1.82) is 0 Å². The average molecular weight is 307 g/mol. The Bertz CT molecular complexity index is 380. The normalized spacial score (nSPS) is 17.1. The van der Waals surface area contributed by atoms with Crippen LogP contribution in [0.15, 0.2) is 0 Å². The van der Waals surface area contributed by atoms with Crippen LogP contribution in [0.5, 0.6) is 0 Å².